The van der Waals surface area contributed by atoms with Gasteiger partial charge < -0.3 is 10.5 Å². The van der Waals surface area contributed by atoms with Crippen LogP contribution in [0.25, 0.3) is 11.1 Å². The van der Waals surface area contributed by atoms with E-state index in [0.29, 0.717) is 4.88 Å². The van der Waals surface area contributed by atoms with Crippen LogP contribution in [0.4, 0.5) is 4.39 Å². The predicted molar refractivity (Wildman–Crippen MR) is 73.9 cm³/mol. The van der Waals surface area contributed by atoms with Gasteiger partial charge in [0.1, 0.15) is 10.7 Å². The number of primary amides is 1. The van der Waals surface area contributed by atoms with E-state index in [1.54, 1.807) is 18.2 Å². The summed E-state index contributed by atoms with van der Waals surface area (Å²) in [6.07, 6.45) is 0. The number of esters is 1. The summed E-state index contributed by atoms with van der Waals surface area (Å²) < 4.78 is 17.6. The molecule has 0 aliphatic rings. The van der Waals surface area contributed by atoms with Crippen molar-refractivity contribution in [3.63, 3.8) is 0 Å². The van der Waals surface area contributed by atoms with Crippen LogP contribution in [0.3, 0.4) is 0 Å². The van der Waals surface area contributed by atoms with Crippen molar-refractivity contribution in [1.82, 2.24) is 0 Å². The van der Waals surface area contributed by atoms with Crippen LogP contribution in [-0.4, -0.2) is 18.5 Å². The SMILES string of the molecule is Cc1sc(C(=O)OCC(N)=O)cc1-c1ccc(F)cc1. The first-order valence-electron chi connectivity index (χ1n) is 5.79. The smallest absolute Gasteiger partial charge is 0.348 e. The van der Waals surface area contributed by atoms with Crippen LogP contribution in [-0.2, 0) is 9.53 Å². The fourth-order valence-electron chi connectivity index (χ4n) is 1.71. The van der Waals surface area contributed by atoms with E-state index in [-0.39, 0.29) is 5.82 Å². The lowest BCUT2D eigenvalue weighted by Gasteiger charge is -1.99. The van der Waals surface area contributed by atoms with Crippen molar-refractivity contribution in [2.24, 2.45) is 5.73 Å². The number of benzene rings is 1. The summed E-state index contributed by atoms with van der Waals surface area (Å²) in [5.74, 6) is -1.61. The third-order valence-corrected chi connectivity index (χ3v) is 3.65. The molecule has 1 aromatic heterocycles. The minimum absolute atomic E-state index is 0.317. The van der Waals surface area contributed by atoms with E-state index in [9.17, 15) is 14.0 Å². The third kappa shape index (κ3) is 3.21. The van der Waals surface area contributed by atoms with Gasteiger partial charge in [0, 0.05) is 4.88 Å². The summed E-state index contributed by atoms with van der Waals surface area (Å²) in [4.78, 5) is 23.6. The molecule has 0 spiro atoms. The molecule has 2 N–H and O–H groups in total. The number of halogens is 1. The number of amides is 1. The van der Waals surface area contributed by atoms with E-state index in [0.717, 1.165) is 16.0 Å². The quantitative estimate of drug-likeness (QED) is 0.881. The molecule has 6 heteroatoms. The van der Waals surface area contributed by atoms with Crippen LogP contribution in [0.5, 0.6) is 0 Å². The number of ether oxygens (including phenoxy) is 1. The molecule has 0 aliphatic heterocycles. The molecule has 1 heterocycles. The van der Waals surface area contributed by atoms with Crippen LogP contribution in [0, 0.1) is 12.7 Å². The molecule has 1 aromatic carbocycles. The molecule has 2 rings (SSSR count). The average Bonchev–Trinajstić information content (AvgIpc) is 2.79. The lowest BCUT2D eigenvalue weighted by molar-refractivity contribution is -0.121. The van der Waals surface area contributed by atoms with Gasteiger partial charge in [-0.15, -0.1) is 11.3 Å². The second kappa shape index (κ2) is 5.83. The minimum Gasteiger partial charge on any atom is -0.451 e. The Labute approximate surface area is 119 Å². The van der Waals surface area contributed by atoms with Gasteiger partial charge >= 0.3 is 5.97 Å². The molecule has 20 heavy (non-hydrogen) atoms. The van der Waals surface area contributed by atoms with E-state index in [1.807, 2.05) is 6.92 Å². The van der Waals surface area contributed by atoms with Crippen LogP contribution in [0.15, 0.2) is 30.3 Å². The van der Waals surface area contributed by atoms with Gasteiger partial charge in [-0.1, -0.05) is 12.1 Å². The van der Waals surface area contributed by atoms with Gasteiger partial charge in [-0.2, -0.15) is 0 Å². The monoisotopic (exact) mass is 293 g/mol. The molecular formula is C14H12FNO3S. The summed E-state index contributed by atoms with van der Waals surface area (Å²) in [6.45, 7) is 1.41. The molecular weight excluding hydrogens is 281 g/mol. The Balaban J connectivity index is 2.23. The minimum atomic E-state index is -0.703. The Bertz CT molecular complexity index is 649. The van der Waals surface area contributed by atoms with E-state index in [2.05, 4.69) is 0 Å². The molecule has 0 saturated carbocycles. The lowest BCUT2D eigenvalue weighted by atomic mass is 10.1. The zero-order valence-electron chi connectivity index (χ0n) is 10.7. The number of carbonyl (C=O) groups excluding carboxylic acids is 2. The number of nitrogens with two attached hydrogens (primary N) is 1. The largest absolute Gasteiger partial charge is 0.451 e. The Morgan fingerprint density at radius 2 is 1.95 bits per heavy atom. The first-order chi connectivity index (χ1) is 9.47. The highest BCUT2D eigenvalue weighted by Gasteiger charge is 2.15. The van der Waals surface area contributed by atoms with Crippen LogP contribution >= 0.6 is 11.3 Å². The van der Waals surface area contributed by atoms with Crippen molar-refractivity contribution >= 4 is 23.2 Å². The molecule has 0 saturated heterocycles. The summed E-state index contributed by atoms with van der Waals surface area (Å²) in [7, 11) is 0. The maximum absolute atomic E-state index is 12.9. The summed E-state index contributed by atoms with van der Waals surface area (Å²) >= 11 is 1.25. The predicted octanol–water partition coefficient (Wildman–Crippen LogP) is 2.50. The lowest BCUT2D eigenvalue weighted by Crippen LogP contribution is -2.20. The van der Waals surface area contributed by atoms with Gasteiger partial charge in [0.25, 0.3) is 5.91 Å². The highest BCUT2D eigenvalue weighted by Crippen LogP contribution is 2.31. The van der Waals surface area contributed by atoms with Crippen molar-refractivity contribution in [2.75, 3.05) is 6.61 Å². The number of hydrogen-bond acceptors (Lipinski definition) is 4. The van der Waals surface area contributed by atoms with E-state index < -0.39 is 18.5 Å². The summed E-state index contributed by atoms with van der Waals surface area (Å²) in [5, 5.41) is 0. The Morgan fingerprint density at radius 3 is 2.55 bits per heavy atom. The van der Waals surface area contributed by atoms with Crippen molar-refractivity contribution in [3.05, 3.63) is 45.9 Å². The molecule has 0 unspecified atom stereocenters. The molecule has 0 atom stereocenters. The van der Waals surface area contributed by atoms with E-state index in [1.165, 1.54) is 23.5 Å². The Hall–Kier alpha value is -2.21. The number of carbonyl (C=O) groups is 2. The number of hydrogen-bond donors (Lipinski definition) is 1. The standard InChI is InChI=1S/C14H12FNO3S/c1-8-11(9-2-4-10(15)5-3-9)6-12(20-8)14(18)19-7-13(16)17/h2-6H,7H2,1H3,(H2,16,17). The van der Waals surface area contributed by atoms with E-state index >= 15 is 0 Å². The topological polar surface area (TPSA) is 69.4 Å². The Morgan fingerprint density at radius 1 is 1.30 bits per heavy atom. The fourth-order valence-corrected chi connectivity index (χ4v) is 2.64. The van der Waals surface area contributed by atoms with Gasteiger partial charge in [0.2, 0.25) is 0 Å². The first-order valence-corrected chi connectivity index (χ1v) is 6.61. The third-order valence-electron chi connectivity index (χ3n) is 2.62. The van der Waals surface area contributed by atoms with Crippen molar-refractivity contribution in [3.8, 4) is 11.1 Å². The van der Waals surface area contributed by atoms with Gasteiger partial charge in [-0.05, 0) is 36.2 Å². The normalized spacial score (nSPS) is 10.3. The maximum Gasteiger partial charge on any atom is 0.348 e. The van der Waals surface area contributed by atoms with Gasteiger partial charge in [0.15, 0.2) is 6.61 Å². The van der Waals surface area contributed by atoms with Gasteiger partial charge in [-0.25, -0.2) is 9.18 Å². The van der Waals surface area contributed by atoms with Crippen LogP contribution in [0.2, 0.25) is 0 Å². The van der Waals surface area contributed by atoms with Crippen molar-refractivity contribution < 1.29 is 18.7 Å². The van der Waals surface area contributed by atoms with Gasteiger partial charge in [0.05, 0.1) is 0 Å². The summed E-state index contributed by atoms with van der Waals surface area (Å²) in [5.41, 5.74) is 6.56. The highest BCUT2D eigenvalue weighted by atomic mass is 32.1. The first kappa shape index (κ1) is 14.2. The van der Waals surface area contributed by atoms with Crippen LogP contribution in [0.1, 0.15) is 14.5 Å². The van der Waals surface area contributed by atoms with Crippen molar-refractivity contribution in [1.29, 1.82) is 0 Å². The molecule has 0 aliphatic carbocycles. The second-order valence-corrected chi connectivity index (χ2v) is 5.39. The summed E-state index contributed by atoms with van der Waals surface area (Å²) in [6, 6.07) is 7.66. The van der Waals surface area contributed by atoms with Crippen molar-refractivity contribution in [2.45, 2.75) is 6.92 Å². The average molecular weight is 293 g/mol. The number of aryl methyl sites for hydroxylation is 1. The molecule has 0 radical (unpaired) electrons. The molecule has 104 valence electrons. The molecule has 0 fully saturated rings. The maximum atomic E-state index is 12.9. The zero-order valence-corrected chi connectivity index (χ0v) is 11.5. The molecule has 4 nitrogen and oxygen atoms in total. The molecule has 1 amide bonds. The zero-order chi connectivity index (χ0) is 14.7. The van der Waals surface area contributed by atoms with Crippen LogP contribution < -0.4 is 5.73 Å². The fraction of sp³-hybridized carbons (Fsp3) is 0.143. The van der Waals surface area contributed by atoms with Gasteiger partial charge in [-0.3, -0.25) is 4.79 Å². The Kier molecular flexibility index (Phi) is 4.14. The highest BCUT2D eigenvalue weighted by molar-refractivity contribution is 7.14. The molecule has 0 bridgehead atoms. The van der Waals surface area contributed by atoms with E-state index in [4.69, 9.17) is 10.5 Å². The molecule has 2 aromatic rings. The number of rotatable bonds is 4. The second-order valence-electron chi connectivity index (χ2n) is 4.13. The number of thiophene rings is 1.